The van der Waals surface area contributed by atoms with Gasteiger partial charge in [0.1, 0.15) is 17.3 Å². The molecule has 1 aliphatic rings. The Kier molecular flexibility index (Phi) is 3.89. The Hall–Kier alpha value is -1.83. The highest BCUT2D eigenvalue weighted by atomic mass is 79.9. The lowest BCUT2D eigenvalue weighted by atomic mass is 10.1. The van der Waals surface area contributed by atoms with Crippen LogP contribution in [-0.4, -0.2) is 17.5 Å². The summed E-state index contributed by atoms with van der Waals surface area (Å²) in [7, 11) is 0. The fourth-order valence-corrected chi connectivity index (χ4v) is 1.77. The Bertz CT molecular complexity index is 590. The Morgan fingerprint density at radius 1 is 1.32 bits per heavy atom. The van der Waals surface area contributed by atoms with Gasteiger partial charge in [-0.15, -0.1) is 0 Å². The second kappa shape index (κ2) is 5.43. The smallest absolute Gasteiger partial charge is 0.271 e. The fourth-order valence-electron chi connectivity index (χ4n) is 1.45. The molecule has 0 saturated heterocycles. The number of nitrogens with zero attached hydrogens (tertiary/aromatic N) is 1. The number of halogens is 3. The number of amides is 2. The van der Waals surface area contributed by atoms with Crippen molar-refractivity contribution < 1.29 is 18.4 Å². The van der Waals surface area contributed by atoms with Gasteiger partial charge >= 0.3 is 0 Å². The Labute approximate surface area is 115 Å². The van der Waals surface area contributed by atoms with Crippen molar-refractivity contribution in [1.29, 1.82) is 0 Å². The minimum absolute atomic E-state index is 0.0368. The van der Waals surface area contributed by atoms with E-state index in [1.165, 1.54) is 0 Å². The van der Waals surface area contributed by atoms with Crippen LogP contribution >= 0.6 is 15.9 Å². The van der Waals surface area contributed by atoms with Crippen LogP contribution in [0.3, 0.4) is 0 Å². The second-order valence-corrected chi connectivity index (χ2v) is 4.65. The van der Waals surface area contributed by atoms with E-state index < -0.39 is 17.5 Å². The molecule has 2 rings (SSSR count). The summed E-state index contributed by atoms with van der Waals surface area (Å²) in [6, 6.07) is 1.77. The molecule has 0 aromatic heterocycles. The fraction of sp³-hybridized carbons (Fsp3) is 0.182. The Balaban J connectivity index is 2.15. The van der Waals surface area contributed by atoms with E-state index in [1.807, 2.05) is 0 Å². The third-order valence-electron chi connectivity index (χ3n) is 2.42. The zero-order chi connectivity index (χ0) is 14.0. The summed E-state index contributed by atoms with van der Waals surface area (Å²) < 4.78 is 26.7. The molecule has 0 aliphatic carbocycles. The van der Waals surface area contributed by atoms with Crippen molar-refractivity contribution in [3.8, 4) is 0 Å². The average Bonchev–Trinajstić information content (AvgIpc) is 2.36. The molecular formula is C11H8BrF2N3O2. The SMILES string of the molecule is O=C1CCC(C(=O)Nc2cc(F)c(Br)cc2F)=NN1. The number of nitrogens with one attached hydrogen (secondary N) is 2. The molecule has 5 nitrogen and oxygen atoms in total. The van der Waals surface area contributed by atoms with Gasteiger partial charge in [-0.05, 0) is 22.0 Å². The van der Waals surface area contributed by atoms with E-state index in [9.17, 15) is 18.4 Å². The van der Waals surface area contributed by atoms with Gasteiger partial charge in [0.05, 0.1) is 10.2 Å². The van der Waals surface area contributed by atoms with Gasteiger partial charge < -0.3 is 5.32 Å². The van der Waals surface area contributed by atoms with E-state index in [1.54, 1.807) is 0 Å². The van der Waals surface area contributed by atoms with Gasteiger partial charge in [0, 0.05) is 18.9 Å². The first-order valence-corrected chi connectivity index (χ1v) is 6.08. The predicted octanol–water partition coefficient (Wildman–Crippen LogP) is 1.93. The number of hydrazone groups is 1. The first kappa shape index (κ1) is 13.6. The monoisotopic (exact) mass is 331 g/mol. The highest BCUT2D eigenvalue weighted by Gasteiger charge is 2.20. The molecule has 1 aromatic carbocycles. The van der Waals surface area contributed by atoms with E-state index >= 15 is 0 Å². The third kappa shape index (κ3) is 3.14. The standard InChI is InChI=1S/C11H8BrF2N3O2/c12-5-3-7(14)9(4-6(5)13)15-11(19)8-1-2-10(18)17-16-8/h3-4H,1-2H2,(H,15,19)(H,17,18). The summed E-state index contributed by atoms with van der Waals surface area (Å²) in [5.74, 6) is -2.45. The maximum absolute atomic E-state index is 13.5. The molecule has 2 amide bonds. The number of hydrogen-bond donors (Lipinski definition) is 2. The molecule has 100 valence electrons. The summed E-state index contributed by atoms with van der Waals surface area (Å²) in [4.78, 5) is 22.6. The van der Waals surface area contributed by atoms with E-state index in [4.69, 9.17) is 0 Å². The molecule has 1 aliphatic heterocycles. The Morgan fingerprint density at radius 2 is 2.05 bits per heavy atom. The van der Waals surface area contributed by atoms with Crippen LogP contribution in [0.25, 0.3) is 0 Å². The van der Waals surface area contributed by atoms with Gasteiger partial charge in [-0.25, -0.2) is 14.2 Å². The zero-order valence-electron chi connectivity index (χ0n) is 9.47. The van der Waals surface area contributed by atoms with Crippen LogP contribution in [-0.2, 0) is 9.59 Å². The number of rotatable bonds is 2. The number of benzene rings is 1. The van der Waals surface area contributed by atoms with Crippen molar-refractivity contribution in [3.05, 3.63) is 28.2 Å². The topological polar surface area (TPSA) is 70.6 Å². The van der Waals surface area contributed by atoms with Gasteiger partial charge in [0.15, 0.2) is 0 Å². The summed E-state index contributed by atoms with van der Waals surface area (Å²) in [5.41, 5.74) is 1.92. The van der Waals surface area contributed by atoms with E-state index in [0.717, 1.165) is 12.1 Å². The van der Waals surface area contributed by atoms with Crippen LogP contribution in [0.5, 0.6) is 0 Å². The summed E-state index contributed by atoms with van der Waals surface area (Å²) in [5, 5.41) is 5.76. The van der Waals surface area contributed by atoms with E-state index in [-0.39, 0.29) is 34.6 Å². The normalized spacial score (nSPS) is 14.7. The number of carbonyl (C=O) groups excluding carboxylic acids is 2. The molecular weight excluding hydrogens is 324 g/mol. The van der Waals surface area contributed by atoms with Crippen LogP contribution in [0, 0.1) is 11.6 Å². The van der Waals surface area contributed by atoms with Crippen LogP contribution in [0.15, 0.2) is 21.7 Å². The van der Waals surface area contributed by atoms with Gasteiger partial charge in [-0.3, -0.25) is 9.59 Å². The lowest BCUT2D eigenvalue weighted by Crippen LogP contribution is -2.33. The first-order chi connectivity index (χ1) is 8.97. The predicted molar refractivity (Wildman–Crippen MR) is 67.5 cm³/mol. The number of hydrogen-bond acceptors (Lipinski definition) is 3. The molecule has 19 heavy (non-hydrogen) atoms. The number of anilines is 1. The van der Waals surface area contributed by atoms with Crippen LogP contribution < -0.4 is 10.7 Å². The van der Waals surface area contributed by atoms with Crippen LogP contribution in [0.2, 0.25) is 0 Å². The molecule has 0 radical (unpaired) electrons. The summed E-state index contributed by atoms with van der Waals surface area (Å²) in [6.45, 7) is 0. The zero-order valence-corrected chi connectivity index (χ0v) is 11.1. The largest absolute Gasteiger partial charge is 0.318 e. The van der Waals surface area contributed by atoms with Crippen molar-refractivity contribution in [2.75, 3.05) is 5.32 Å². The quantitative estimate of drug-likeness (QED) is 0.813. The minimum Gasteiger partial charge on any atom is -0.318 e. The van der Waals surface area contributed by atoms with Gasteiger partial charge in [0.2, 0.25) is 5.91 Å². The van der Waals surface area contributed by atoms with Crippen molar-refractivity contribution in [1.82, 2.24) is 5.43 Å². The molecule has 2 N–H and O–H groups in total. The highest BCUT2D eigenvalue weighted by molar-refractivity contribution is 9.10. The maximum atomic E-state index is 13.5. The molecule has 0 bridgehead atoms. The van der Waals surface area contributed by atoms with Crippen molar-refractivity contribution in [2.24, 2.45) is 5.10 Å². The minimum atomic E-state index is -0.776. The lowest BCUT2D eigenvalue weighted by Gasteiger charge is -2.12. The van der Waals surface area contributed by atoms with E-state index in [2.05, 4.69) is 31.8 Å². The van der Waals surface area contributed by atoms with Crippen LogP contribution in [0.4, 0.5) is 14.5 Å². The maximum Gasteiger partial charge on any atom is 0.271 e. The highest BCUT2D eigenvalue weighted by Crippen LogP contribution is 2.23. The molecule has 0 saturated carbocycles. The summed E-state index contributed by atoms with van der Waals surface area (Å²) in [6.07, 6.45) is 0.279. The Morgan fingerprint density at radius 3 is 2.68 bits per heavy atom. The van der Waals surface area contributed by atoms with Crippen molar-refractivity contribution in [2.45, 2.75) is 12.8 Å². The van der Waals surface area contributed by atoms with Crippen molar-refractivity contribution in [3.63, 3.8) is 0 Å². The third-order valence-corrected chi connectivity index (χ3v) is 3.03. The average molecular weight is 332 g/mol. The molecule has 0 spiro atoms. The molecule has 0 fully saturated rings. The van der Waals surface area contributed by atoms with Crippen LogP contribution in [0.1, 0.15) is 12.8 Å². The number of carbonyl (C=O) groups is 2. The molecule has 0 unspecified atom stereocenters. The molecule has 1 aromatic rings. The lowest BCUT2D eigenvalue weighted by molar-refractivity contribution is -0.121. The molecule has 1 heterocycles. The summed E-state index contributed by atoms with van der Waals surface area (Å²) >= 11 is 2.83. The first-order valence-electron chi connectivity index (χ1n) is 5.28. The molecule has 0 atom stereocenters. The van der Waals surface area contributed by atoms with Crippen molar-refractivity contribution >= 4 is 39.1 Å². The van der Waals surface area contributed by atoms with E-state index in [0.29, 0.717) is 0 Å². The second-order valence-electron chi connectivity index (χ2n) is 3.79. The van der Waals surface area contributed by atoms with Gasteiger partial charge in [0.25, 0.3) is 5.91 Å². The van der Waals surface area contributed by atoms with Gasteiger partial charge in [-0.1, -0.05) is 0 Å². The van der Waals surface area contributed by atoms with Gasteiger partial charge in [-0.2, -0.15) is 5.10 Å². The molecule has 8 heteroatoms.